The fraction of sp³-hybridized carbons (Fsp3) is 0. The molecule has 0 atom stereocenters. The second-order valence-corrected chi connectivity index (χ2v) is 3.22. The molecule has 0 amide bonds. The van der Waals surface area contributed by atoms with E-state index in [0.717, 1.165) is 12.1 Å². The van der Waals surface area contributed by atoms with Crippen LogP contribution in [-0.2, 0) is 0 Å². The molecule has 7 nitrogen and oxygen atoms in total. The molecule has 0 unspecified atom stereocenters. The third kappa shape index (κ3) is 2.32. The Morgan fingerprint density at radius 2 is 2.06 bits per heavy atom. The van der Waals surface area contributed by atoms with Gasteiger partial charge >= 0.3 is 5.69 Å². The first-order valence-electron chi connectivity index (χ1n) is 4.76. The summed E-state index contributed by atoms with van der Waals surface area (Å²) in [7, 11) is 0. The van der Waals surface area contributed by atoms with Crippen molar-refractivity contribution in [3.63, 3.8) is 0 Å². The first-order chi connectivity index (χ1) is 8.58. The van der Waals surface area contributed by atoms with Gasteiger partial charge in [0.05, 0.1) is 4.92 Å². The highest BCUT2D eigenvalue weighted by atomic mass is 19.1. The van der Waals surface area contributed by atoms with Gasteiger partial charge < -0.3 is 10.5 Å². The number of anilines is 1. The van der Waals surface area contributed by atoms with E-state index >= 15 is 0 Å². The van der Waals surface area contributed by atoms with Crippen LogP contribution in [0.25, 0.3) is 0 Å². The van der Waals surface area contributed by atoms with Gasteiger partial charge in [-0.3, -0.25) is 10.1 Å². The lowest BCUT2D eigenvalue weighted by molar-refractivity contribution is -0.387. The molecule has 1 aromatic carbocycles. The number of aromatic nitrogens is 2. The maximum Gasteiger partial charge on any atom is 0.305 e. The SMILES string of the molecule is Nc1nccnc1Oc1ccc([N+](=O)[O-])c(F)c1. The number of halogens is 1. The Balaban J connectivity index is 2.29. The number of rotatable bonds is 3. The van der Waals surface area contributed by atoms with Gasteiger partial charge in [-0.25, -0.2) is 9.97 Å². The lowest BCUT2D eigenvalue weighted by Gasteiger charge is -2.05. The van der Waals surface area contributed by atoms with Gasteiger partial charge in [-0.2, -0.15) is 4.39 Å². The fourth-order valence-corrected chi connectivity index (χ4v) is 1.23. The minimum atomic E-state index is -1.00. The van der Waals surface area contributed by atoms with E-state index < -0.39 is 16.4 Å². The first kappa shape index (κ1) is 11.7. The van der Waals surface area contributed by atoms with Crippen molar-refractivity contribution in [2.45, 2.75) is 0 Å². The van der Waals surface area contributed by atoms with Gasteiger partial charge in [-0.15, -0.1) is 0 Å². The highest BCUT2D eigenvalue weighted by Gasteiger charge is 2.15. The summed E-state index contributed by atoms with van der Waals surface area (Å²) in [6.45, 7) is 0. The molecular weight excluding hydrogens is 243 g/mol. The van der Waals surface area contributed by atoms with Crippen LogP contribution < -0.4 is 10.5 Å². The van der Waals surface area contributed by atoms with E-state index in [1.54, 1.807) is 0 Å². The van der Waals surface area contributed by atoms with Crippen molar-refractivity contribution >= 4 is 11.5 Å². The minimum Gasteiger partial charge on any atom is -0.436 e. The van der Waals surface area contributed by atoms with Crippen molar-refractivity contribution in [1.82, 2.24) is 9.97 Å². The van der Waals surface area contributed by atoms with Crippen molar-refractivity contribution < 1.29 is 14.1 Å². The third-order valence-corrected chi connectivity index (χ3v) is 2.02. The number of hydrogen-bond acceptors (Lipinski definition) is 6. The molecule has 18 heavy (non-hydrogen) atoms. The molecule has 1 heterocycles. The topological polar surface area (TPSA) is 104 Å². The number of nitrogens with zero attached hydrogens (tertiary/aromatic N) is 3. The number of nitro groups is 1. The van der Waals surface area contributed by atoms with Crippen molar-refractivity contribution in [1.29, 1.82) is 0 Å². The van der Waals surface area contributed by atoms with E-state index in [2.05, 4.69) is 9.97 Å². The molecule has 0 aliphatic heterocycles. The summed E-state index contributed by atoms with van der Waals surface area (Å²) < 4.78 is 18.5. The molecule has 2 N–H and O–H groups in total. The first-order valence-corrected chi connectivity index (χ1v) is 4.76. The smallest absolute Gasteiger partial charge is 0.305 e. The largest absolute Gasteiger partial charge is 0.436 e. The van der Waals surface area contributed by atoms with Crippen LogP contribution in [0.5, 0.6) is 11.6 Å². The Hall–Kier alpha value is -2.77. The number of benzene rings is 1. The minimum absolute atomic E-state index is 0.00533. The Morgan fingerprint density at radius 1 is 1.33 bits per heavy atom. The van der Waals surface area contributed by atoms with Gasteiger partial charge in [-0.1, -0.05) is 0 Å². The van der Waals surface area contributed by atoms with E-state index in [1.807, 2.05) is 0 Å². The van der Waals surface area contributed by atoms with Crippen molar-refractivity contribution in [3.05, 3.63) is 46.5 Å². The molecule has 1 aromatic heterocycles. The molecule has 0 aliphatic carbocycles. The molecule has 0 bridgehead atoms. The van der Waals surface area contributed by atoms with Crippen LogP contribution in [0.4, 0.5) is 15.9 Å². The molecule has 0 saturated carbocycles. The Bertz CT molecular complexity index is 605. The lowest BCUT2D eigenvalue weighted by atomic mass is 10.3. The van der Waals surface area contributed by atoms with Gasteiger partial charge in [0.25, 0.3) is 5.88 Å². The Morgan fingerprint density at radius 3 is 2.67 bits per heavy atom. The van der Waals surface area contributed by atoms with Crippen LogP contribution in [0.3, 0.4) is 0 Å². The second kappa shape index (κ2) is 4.62. The van der Waals surface area contributed by atoms with Crippen molar-refractivity contribution in [2.24, 2.45) is 0 Å². The molecule has 0 saturated heterocycles. The number of nitro benzene ring substituents is 1. The van der Waals surface area contributed by atoms with Crippen molar-refractivity contribution in [3.8, 4) is 11.6 Å². The highest BCUT2D eigenvalue weighted by molar-refractivity contribution is 5.44. The quantitative estimate of drug-likeness (QED) is 0.658. The van der Waals surface area contributed by atoms with Crippen LogP contribution in [-0.4, -0.2) is 14.9 Å². The zero-order chi connectivity index (χ0) is 13.1. The van der Waals surface area contributed by atoms with Gasteiger partial charge in [0.1, 0.15) is 5.75 Å². The summed E-state index contributed by atoms with van der Waals surface area (Å²) in [6, 6.07) is 3.12. The summed E-state index contributed by atoms with van der Waals surface area (Å²) in [4.78, 5) is 17.1. The van der Waals surface area contributed by atoms with Gasteiger partial charge in [0.15, 0.2) is 5.82 Å². The highest BCUT2D eigenvalue weighted by Crippen LogP contribution is 2.27. The van der Waals surface area contributed by atoms with E-state index in [1.165, 1.54) is 18.5 Å². The molecule has 0 spiro atoms. The summed E-state index contributed by atoms with van der Waals surface area (Å²) in [5.41, 5.74) is 4.85. The second-order valence-electron chi connectivity index (χ2n) is 3.22. The molecule has 92 valence electrons. The van der Waals surface area contributed by atoms with Crippen LogP contribution in [0, 0.1) is 15.9 Å². The van der Waals surface area contributed by atoms with E-state index in [-0.39, 0.29) is 17.4 Å². The standard InChI is InChI=1S/C10H7FN4O3/c11-7-5-6(1-2-8(7)15(16)17)18-10-9(12)13-3-4-14-10/h1-5H,(H2,12,13). The molecule has 8 heteroatoms. The number of nitrogen functional groups attached to an aromatic ring is 1. The average molecular weight is 250 g/mol. The maximum absolute atomic E-state index is 13.3. The van der Waals surface area contributed by atoms with E-state index in [0.29, 0.717) is 0 Å². The number of hydrogen-bond donors (Lipinski definition) is 1. The summed E-state index contributed by atoms with van der Waals surface area (Å²) >= 11 is 0. The third-order valence-electron chi connectivity index (χ3n) is 2.02. The molecular formula is C10H7FN4O3. The summed E-state index contributed by atoms with van der Waals surface area (Å²) in [5.74, 6) is -0.910. The average Bonchev–Trinajstić information content (AvgIpc) is 2.32. The lowest BCUT2D eigenvalue weighted by Crippen LogP contribution is -1.98. The Labute approximate surface area is 100 Å². The molecule has 2 aromatic rings. The van der Waals surface area contributed by atoms with Gasteiger partial charge in [0.2, 0.25) is 5.82 Å². The predicted octanol–water partition coefficient (Wildman–Crippen LogP) is 1.90. The monoisotopic (exact) mass is 250 g/mol. The van der Waals surface area contributed by atoms with E-state index in [4.69, 9.17) is 10.5 Å². The number of ether oxygens (including phenoxy) is 1. The normalized spacial score (nSPS) is 10.1. The zero-order valence-corrected chi connectivity index (χ0v) is 8.91. The molecule has 2 rings (SSSR count). The van der Waals surface area contributed by atoms with E-state index in [9.17, 15) is 14.5 Å². The van der Waals surface area contributed by atoms with Gasteiger partial charge in [0, 0.05) is 24.5 Å². The van der Waals surface area contributed by atoms with Gasteiger partial charge in [-0.05, 0) is 6.07 Å². The maximum atomic E-state index is 13.3. The summed E-state index contributed by atoms with van der Waals surface area (Å²) in [5, 5.41) is 10.4. The fourth-order valence-electron chi connectivity index (χ4n) is 1.23. The molecule has 0 fully saturated rings. The molecule has 0 radical (unpaired) electrons. The summed E-state index contributed by atoms with van der Waals surface area (Å²) in [6.07, 6.45) is 2.73. The van der Waals surface area contributed by atoms with Crippen LogP contribution >= 0.6 is 0 Å². The van der Waals surface area contributed by atoms with Crippen molar-refractivity contribution in [2.75, 3.05) is 5.73 Å². The molecule has 0 aliphatic rings. The van der Waals surface area contributed by atoms with Crippen LogP contribution in [0.15, 0.2) is 30.6 Å². The van der Waals surface area contributed by atoms with Crippen LogP contribution in [0.2, 0.25) is 0 Å². The number of nitrogens with two attached hydrogens (primary N) is 1. The van der Waals surface area contributed by atoms with Crippen LogP contribution in [0.1, 0.15) is 0 Å². The predicted molar refractivity (Wildman–Crippen MR) is 59.6 cm³/mol. The zero-order valence-electron chi connectivity index (χ0n) is 8.91. The Kier molecular flexibility index (Phi) is 3.00.